The predicted molar refractivity (Wildman–Crippen MR) is 115 cm³/mol. The zero-order chi connectivity index (χ0) is 24.7. The SMILES string of the molecule is CC(O)c1nc(N2CCN(c3ccc(F)c(S(C)(=O)=O)c3)C[C@H]2C(C)C)ncc1C(F)(F)F. The van der Waals surface area contributed by atoms with Crippen molar-refractivity contribution in [3.63, 3.8) is 0 Å². The molecule has 0 aliphatic carbocycles. The Balaban J connectivity index is 1.94. The van der Waals surface area contributed by atoms with E-state index in [-0.39, 0.29) is 17.9 Å². The van der Waals surface area contributed by atoms with Crippen molar-refractivity contribution < 1.29 is 31.1 Å². The number of aliphatic hydroxyl groups is 1. The van der Waals surface area contributed by atoms with E-state index in [0.717, 1.165) is 12.3 Å². The summed E-state index contributed by atoms with van der Waals surface area (Å²) in [6.45, 7) is 6.19. The second kappa shape index (κ2) is 9.05. The van der Waals surface area contributed by atoms with E-state index < -0.39 is 44.1 Å². The van der Waals surface area contributed by atoms with Crippen molar-refractivity contribution in [3.05, 3.63) is 41.5 Å². The molecule has 1 aromatic carbocycles. The fraction of sp³-hybridized carbons (Fsp3) is 0.524. The van der Waals surface area contributed by atoms with Gasteiger partial charge in [-0.1, -0.05) is 13.8 Å². The van der Waals surface area contributed by atoms with E-state index in [4.69, 9.17) is 0 Å². The van der Waals surface area contributed by atoms with Gasteiger partial charge < -0.3 is 14.9 Å². The number of nitrogens with zero attached hydrogens (tertiary/aromatic N) is 4. The Labute approximate surface area is 190 Å². The van der Waals surface area contributed by atoms with E-state index in [1.54, 1.807) is 4.90 Å². The van der Waals surface area contributed by atoms with Gasteiger partial charge in [-0.15, -0.1) is 0 Å². The molecule has 182 valence electrons. The predicted octanol–water partition coefficient (Wildman–Crippen LogP) is 3.44. The Morgan fingerprint density at radius 2 is 1.85 bits per heavy atom. The summed E-state index contributed by atoms with van der Waals surface area (Å²) in [7, 11) is -3.76. The molecule has 0 amide bonds. The summed E-state index contributed by atoms with van der Waals surface area (Å²) in [6, 6.07) is 3.66. The van der Waals surface area contributed by atoms with Gasteiger partial charge in [-0.3, -0.25) is 0 Å². The lowest BCUT2D eigenvalue weighted by atomic mass is 9.99. The molecule has 1 aromatic heterocycles. The number of anilines is 2. The van der Waals surface area contributed by atoms with Crippen molar-refractivity contribution >= 4 is 21.5 Å². The molecule has 0 spiro atoms. The smallest absolute Gasteiger partial charge is 0.387 e. The summed E-state index contributed by atoms with van der Waals surface area (Å²) in [5, 5.41) is 9.87. The zero-order valence-corrected chi connectivity index (χ0v) is 19.5. The number of benzene rings is 1. The molecule has 0 bridgehead atoms. The van der Waals surface area contributed by atoms with Crippen LogP contribution in [0.2, 0.25) is 0 Å². The fourth-order valence-corrected chi connectivity index (χ4v) is 4.65. The summed E-state index contributed by atoms with van der Waals surface area (Å²) < 4.78 is 77.7. The molecule has 1 fully saturated rings. The van der Waals surface area contributed by atoms with Gasteiger partial charge in [0, 0.05) is 37.8 Å². The van der Waals surface area contributed by atoms with Crippen molar-refractivity contribution in [3.8, 4) is 0 Å². The third kappa shape index (κ3) is 5.37. The maximum Gasteiger partial charge on any atom is 0.419 e. The molecule has 1 aliphatic rings. The van der Waals surface area contributed by atoms with Crippen LogP contribution in [-0.4, -0.2) is 55.4 Å². The van der Waals surface area contributed by atoms with E-state index in [2.05, 4.69) is 9.97 Å². The quantitative estimate of drug-likeness (QED) is 0.643. The second-order valence-corrected chi connectivity index (χ2v) is 10.5. The minimum atomic E-state index is -4.69. The van der Waals surface area contributed by atoms with Crippen LogP contribution in [0.15, 0.2) is 29.3 Å². The molecule has 33 heavy (non-hydrogen) atoms. The molecule has 12 heteroatoms. The molecule has 2 atom stereocenters. The third-order valence-electron chi connectivity index (χ3n) is 5.63. The van der Waals surface area contributed by atoms with Gasteiger partial charge >= 0.3 is 6.18 Å². The van der Waals surface area contributed by atoms with Crippen LogP contribution in [0.3, 0.4) is 0 Å². The summed E-state index contributed by atoms with van der Waals surface area (Å²) in [6.07, 6.45) is -4.50. The molecule has 1 unspecified atom stereocenters. The molecule has 0 radical (unpaired) electrons. The first kappa shape index (κ1) is 25.2. The lowest BCUT2D eigenvalue weighted by molar-refractivity contribution is -0.139. The highest BCUT2D eigenvalue weighted by molar-refractivity contribution is 7.90. The van der Waals surface area contributed by atoms with Gasteiger partial charge in [-0.25, -0.2) is 22.8 Å². The molecule has 7 nitrogen and oxygen atoms in total. The first-order valence-corrected chi connectivity index (χ1v) is 12.2. The largest absolute Gasteiger partial charge is 0.419 e. The van der Waals surface area contributed by atoms with E-state index in [0.29, 0.717) is 31.5 Å². The van der Waals surface area contributed by atoms with E-state index in [1.807, 2.05) is 18.7 Å². The fourth-order valence-electron chi connectivity index (χ4n) is 3.90. The van der Waals surface area contributed by atoms with Crippen molar-refractivity contribution in [1.82, 2.24) is 9.97 Å². The Morgan fingerprint density at radius 1 is 1.18 bits per heavy atom. The number of hydrogen-bond donors (Lipinski definition) is 1. The van der Waals surface area contributed by atoms with Crippen LogP contribution in [0.25, 0.3) is 0 Å². The Hall–Kier alpha value is -2.47. The van der Waals surface area contributed by atoms with Crippen molar-refractivity contribution in [2.45, 2.75) is 44.0 Å². The topological polar surface area (TPSA) is 86.6 Å². The minimum Gasteiger partial charge on any atom is -0.387 e. The van der Waals surface area contributed by atoms with Gasteiger partial charge in [0.1, 0.15) is 10.7 Å². The Morgan fingerprint density at radius 3 is 2.39 bits per heavy atom. The van der Waals surface area contributed by atoms with Crippen molar-refractivity contribution in [2.75, 3.05) is 35.7 Å². The van der Waals surface area contributed by atoms with Crippen LogP contribution in [0.1, 0.15) is 38.1 Å². The maximum atomic E-state index is 14.0. The van der Waals surface area contributed by atoms with Gasteiger partial charge in [0.05, 0.1) is 23.4 Å². The number of alkyl halides is 3. The molecule has 1 saturated heterocycles. The molecule has 1 N–H and O–H groups in total. The van der Waals surface area contributed by atoms with Gasteiger partial charge in [0.15, 0.2) is 9.84 Å². The number of halogens is 4. The molecule has 2 heterocycles. The highest BCUT2D eigenvalue weighted by atomic mass is 32.2. The summed E-state index contributed by atoms with van der Waals surface area (Å²) in [4.78, 5) is 11.3. The summed E-state index contributed by atoms with van der Waals surface area (Å²) in [5.41, 5.74) is -1.05. The molecule has 2 aromatic rings. The Bertz CT molecular complexity index is 1120. The molecular formula is C21H26F4N4O3S. The van der Waals surface area contributed by atoms with Crippen LogP contribution >= 0.6 is 0 Å². The zero-order valence-electron chi connectivity index (χ0n) is 18.6. The van der Waals surface area contributed by atoms with Gasteiger partial charge in [0.2, 0.25) is 5.95 Å². The minimum absolute atomic E-state index is 0.0310. The maximum absolute atomic E-state index is 14.0. The van der Waals surface area contributed by atoms with Crippen LogP contribution in [0, 0.1) is 11.7 Å². The second-order valence-electron chi connectivity index (χ2n) is 8.48. The van der Waals surface area contributed by atoms with Gasteiger partial charge in [-0.05, 0) is 31.0 Å². The molecular weight excluding hydrogens is 464 g/mol. The molecule has 3 rings (SSSR count). The van der Waals surface area contributed by atoms with Crippen molar-refractivity contribution in [2.24, 2.45) is 5.92 Å². The lowest BCUT2D eigenvalue weighted by Gasteiger charge is -2.44. The average molecular weight is 491 g/mol. The number of aromatic nitrogens is 2. The average Bonchev–Trinajstić information content (AvgIpc) is 2.71. The normalized spacial score (nSPS) is 18.7. The monoisotopic (exact) mass is 490 g/mol. The number of rotatable bonds is 5. The number of piperazine rings is 1. The van der Waals surface area contributed by atoms with Crippen LogP contribution in [0.4, 0.5) is 29.2 Å². The standard InChI is InChI=1S/C21H26F4N4O3S/c1-12(2)17-11-28(14-5-6-16(22)18(9-14)33(4,31)32)7-8-29(17)20-26-10-15(21(23,24)25)19(27-20)13(3)30/h5-6,9-10,12-13,17,30H,7-8,11H2,1-4H3/t13?,17-/m0/s1. The van der Waals surface area contributed by atoms with Gasteiger partial charge in [-0.2, -0.15) is 13.2 Å². The first-order chi connectivity index (χ1) is 15.2. The van der Waals surface area contributed by atoms with Crippen molar-refractivity contribution in [1.29, 1.82) is 0 Å². The van der Waals surface area contributed by atoms with E-state index >= 15 is 0 Å². The molecule has 0 saturated carbocycles. The van der Waals surface area contributed by atoms with Crippen LogP contribution in [0.5, 0.6) is 0 Å². The molecule has 1 aliphatic heterocycles. The number of hydrogen-bond acceptors (Lipinski definition) is 7. The number of aliphatic hydroxyl groups excluding tert-OH is 1. The summed E-state index contributed by atoms with van der Waals surface area (Å²) >= 11 is 0. The highest BCUT2D eigenvalue weighted by Gasteiger charge is 2.38. The first-order valence-electron chi connectivity index (χ1n) is 10.3. The third-order valence-corrected chi connectivity index (χ3v) is 6.74. The number of sulfone groups is 1. The summed E-state index contributed by atoms with van der Waals surface area (Å²) in [5.74, 6) is -0.721. The highest BCUT2D eigenvalue weighted by Crippen LogP contribution is 2.35. The van der Waals surface area contributed by atoms with Crippen LogP contribution < -0.4 is 9.80 Å². The lowest BCUT2D eigenvalue weighted by Crippen LogP contribution is -2.56. The van der Waals surface area contributed by atoms with E-state index in [1.165, 1.54) is 19.1 Å². The van der Waals surface area contributed by atoms with E-state index in [9.17, 15) is 31.1 Å². The van der Waals surface area contributed by atoms with Gasteiger partial charge in [0.25, 0.3) is 0 Å². The Kier molecular flexibility index (Phi) is 6.90. The van der Waals surface area contributed by atoms with Crippen LogP contribution in [-0.2, 0) is 16.0 Å².